The molecule has 1 saturated heterocycles. The minimum atomic E-state index is 0.339. The summed E-state index contributed by atoms with van der Waals surface area (Å²) in [5.41, 5.74) is 6.66. The number of nitrogens with two attached hydrogens (primary N) is 1. The fourth-order valence-electron chi connectivity index (χ4n) is 2.47. The van der Waals surface area contributed by atoms with Gasteiger partial charge in [0.05, 0.1) is 5.69 Å². The molecule has 1 aliphatic heterocycles. The van der Waals surface area contributed by atoms with E-state index in [9.17, 15) is 0 Å². The van der Waals surface area contributed by atoms with Crippen LogP contribution in [0.1, 0.15) is 24.5 Å². The van der Waals surface area contributed by atoms with Crippen LogP contribution in [0.15, 0.2) is 30.7 Å². The van der Waals surface area contributed by atoms with Gasteiger partial charge in [-0.15, -0.1) is 0 Å². The van der Waals surface area contributed by atoms with Gasteiger partial charge in [-0.2, -0.15) is 0 Å². The van der Waals surface area contributed by atoms with Gasteiger partial charge in [0.1, 0.15) is 0 Å². The third-order valence-corrected chi connectivity index (χ3v) is 3.37. The van der Waals surface area contributed by atoms with Crippen molar-refractivity contribution in [3.8, 4) is 0 Å². The first-order chi connectivity index (χ1) is 9.33. The van der Waals surface area contributed by atoms with Gasteiger partial charge in [0, 0.05) is 37.6 Å². The lowest BCUT2D eigenvalue weighted by atomic mass is 9.95. The minimum Gasteiger partial charge on any atom is -0.368 e. The van der Waals surface area contributed by atoms with Crippen molar-refractivity contribution in [2.24, 2.45) is 0 Å². The number of nitrogen functional groups attached to an aromatic ring is 1. The Bertz CT molecular complexity index is 544. The molecule has 98 valence electrons. The van der Waals surface area contributed by atoms with E-state index in [0.717, 1.165) is 37.6 Å². The zero-order chi connectivity index (χ0) is 13.1. The number of rotatable bonds is 2. The molecule has 3 rings (SSSR count). The average Bonchev–Trinajstić information content (AvgIpc) is 2.48. The SMILES string of the molecule is Nc1nccc([C@@H]2CCCN(c3ncccn3)C2)n1. The van der Waals surface area contributed by atoms with E-state index in [-0.39, 0.29) is 0 Å². The summed E-state index contributed by atoms with van der Waals surface area (Å²) in [5.74, 6) is 1.49. The Labute approximate surface area is 111 Å². The molecule has 19 heavy (non-hydrogen) atoms. The third-order valence-electron chi connectivity index (χ3n) is 3.37. The first-order valence-corrected chi connectivity index (χ1v) is 6.43. The molecule has 1 atom stereocenters. The van der Waals surface area contributed by atoms with Gasteiger partial charge in [0.25, 0.3) is 0 Å². The summed E-state index contributed by atoms with van der Waals surface area (Å²) < 4.78 is 0. The highest BCUT2D eigenvalue weighted by Crippen LogP contribution is 2.27. The van der Waals surface area contributed by atoms with Crippen LogP contribution in [0.4, 0.5) is 11.9 Å². The maximum Gasteiger partial charge on any atom is 0.225 e. The van der Waals surface area contributed by atoms with Crippen molar-refractivity contribution >= 4 is 11.9 Å². The molecular weight excluding hydrogens is 240 g/mol. The number of hydrogen-bond donors (Lipinski definition) is 1. The van der Waals surface area contributed by atoms with Gasteiger partial charge in [-0.1, -0.05) is 0 Å². The van der Waals surface area contributed by atoms with Gasteiger partial charge in [0.15, 0.2) is 0 Å². The summed E-state index contributed by atoms with van der Waals surface area (Å²) in [6.45, 7) is 1.86. The molecule has 2 aromatic heterocycles. The maximum absolute atomic E-state index is 5.65. The highest BCUT2D eigenvalue weighted by atomic mass is 15.2. The Morgan fingerprint density at radius 1 is 1.16 bits per heavy atom. The fourth-order valence-corrected chi connectivity index (χ4v) is 2.47. The van der Waals surface area contributed by atoms with Gasteiger partial charge < -0.3 is 10.6 Å². The van der Waals surface area contributed by atoms with E-state index < -0.39 is 0 Å². The van der Waals surface area contributed by atoms with Crippen LogP contribution in [-0.4, -0.2) is 33.0 Å². The Morgan fingerprint density at radius 2 is 2.00 bits per heavy atom. The van der Waals surface area contributed by atoms with E-state index in [1.165, 1.54) is 0 Å². The molecule has 0 spiro atoms. The Balaban J connectivity index is 1.78. The summed E-state index contributed by atoms with van der Waals surface area (Å²) in [5, 5.41) is 0. The van der Waals surface area contributed by atoms with E-state index in [4.69, 9.17) is 5.73 Å². The van der Waals surface area contributed by atoms with Gasteiger partial charge in [-0.05, 0) is 25.0 Å². The summed E-state index contributed by atoms with van der Waals surface area (Å²) in [4.78, 5) is 19.1. The summed E-state index contributed by atoms with van der Waals surface area (Å²) in [7, 11) is 0. The van der Waals surface area contributed by atoms with E-state index in [0.29, 0.717) is 11.9 Å². The highest BCUT2D eigenvalue weighted by Gasteiger charge is 2.23. The smallest absolute Gasteiger partial charge is 0.225 e. The van der Waals surface area contributed by atoms with Gasteiger partial charge in [-0.3, -0.25) is 0 Å². The molecule has 0 radical (unpaired) electrons. The molecular formula is C13H16N6. The lowest BCUT2D eigenvalue weighted by molar-refractivity contribution is 0.495. The second-order valence-corrected chi connectivity index (χ2v) is 4.67. The van der Waals surface area contributed by atoms with Gasteiger partial charge >= 0.3 is 0 Å². The molecule has 0 aromatic carbocycles. The lowest BCUT2D eigenvalue weighted by Gasteiger charge is -2.32. The standard InChI is InChI=1S/C13H16N6/c14-12-15-7-4-11(18-12)10-3-1-8-19(9-10)13-16-5-2-6-17-13/h2,4-7,10H,1,3,8-9H2,(H2,14,15,18)/t10-/m1/s1. The van der Waals surface area contributed by atoms with Gasteiger partial charge in [-0.25, -0.2) is 19.9 Å². The normalized spacial score (nSPS) is 19.4. The number of anilines is 2. The molecule has 6 nitrogen and oxygen atoms in total. The Kier molecular flexibility index (Phi) is 3.22. The van der Waals surface area contributed by atoms with Crippen LogP contribution in [0.2, 0.25) is 0 Å². The van der Waals surface area contributed by atoms with Crippen molar-refractivity contribution in [3.63, 3.8) is 0 Å². The van der Waals surface area contributed by atoms with E-state index in [2.05, 4.69) is 24.8 Å². The zero-order valence-electron chi connectivity index (χ0n) is 10.6. The predicted octanol–water partition coefficient (Wildman–Crippen LogP) is 1.23. The summed E-state index contributed by atoms with van der Waals surface area (Å²) in [6.07, 6.45) is 7.48. The predicted molar refractivity (Wildman–Crippen MR) is 72.7 cm³/mol. The van der Waals surface area contributed by atoms with Crippen LogP contribution in [-0.2, 0) is 0 Å². The summed E-state index contributed by atoms with van der Waals surface area (Å²) >= 11 is 0. The molecule has 0 saturated carbocycles. The largest absolute Gasteiger partial charge is 0.368 e. The Morgan fingerprint density at radius 3 is 2.79 bits per heavy atom. The molecule has 6 heteroatoms. The average molecular weight is 256 g/mol. The Hall–Kier alpha value is -2.24. The van der Waals surface area contributed by atoms with Crippen LogP contribution in [0.3, 0.4) is 0 Å². The molecule has 0 amide bonds. The van der Waals surface area contributed by atoms with Gasteiger partial charge in [0.2, 0.25) is 11.9 Å². The molecule has 3 heterocycles. The monoisotopic (exact) mass is 256 g/mol. The molecule has 0 bridgehead atoms. The zero-order valence-corrected chi connectivity index (χ0v) is 10.6. The molecule has 1 aliphatic rings. The van der Waals surface area contributed by atoms with Crippen LogP contribution in [0.25, 0.3) is 0 Å². The third kappa shape index (κ3) is 2.62. The van der Waals surface area contributed by atoms with E-state index in [1.807, 2.05) is 12.1 Å². The van der Waals surface area contributed by atoms with Crippen LogP contribution < -0.4 is 10.6 Å². The van der Waals surface area contributed by atoms with E-state index in [1.54, 1.807) is 18.6 Å². The second kappa shape index (κ2) is 5.17. The van der Waals surface area contributed by atoms with Crippen molar-refractivity contribution in [3.05, 3.63) is 36.4 Å². The first-order valence-electron chi connectivity index (χ1n) is 6.43. The van der Waals surface area contributed by atoms with Crippen LogP contribution in [0, 0.1) is 0 Å². The van der Waals surface area contributed by atoms with Crippen molar-refractivity contribution in [1.82, 2.24) is 19.9 Å². The molecule has 0 unspecified atom stereocenters. The van der Waals surface area contributed by atoms with Crippen molar-refractivity contribution in [2.45, 2.75) is 18.8 Å². The maximum atomic E-state index is 5.65. The second-order valence-electron chi connectivity index (χ2n) is 4.67. The molecule has 2 aromatic rings. The van der Waals surface area contributed by atoms with Crippen molar-refractivity contribution in [2.75, 3.05) is 23.7 Å². The quantitative estimate of drug-likeness (QED) is 0.870. The number of nitrogens with zero attached hydrogens (tertiary/aromatic N) is 5. The molecule has 1 fully saturated rings. The van der Waals surface area contributed by atoms with Crippen molar-refractivity contribution in [1.29, 1.82) is 0 Å². The van der Waals surface area contributed by atoms with E-state index >= 15 is 0 Å². The lowest BCUT2D eigenvalue weighted by Crippen LogP contribution is -2.35. The summed E-state index contributed by atoms with van der Waals surface area (Å²) in [6, 6.07) is 3.77. The number of hydrogen-bond acceptors (Lipinski definition) is 6. The number of aromatic nitrogens is 4. The molecule has 2 N–H and O–H groups in total. The number of piperidine rings is 1. The van der Waals surface area contributed by atoms with Crippen LogP contribution in [0.5, 0.6) is 0 Å². The van der Waals surface area contributed by atoms with Crippen LogP contribution >= 0.6 is 0 Å². The van der Waals surface area contributed by atoms with Crippen molar-refractivity contribution < 1.29 is 0 Å². The fraction of sp³-hybridized carbons (Fsp3) is 0.385. The minimum absolute atomic E-state index is 0.339. The topological polar surface area (TPSA) is 80.8 Å². The highest BCUT2D eigenvalue weighted by molar-refractivity contribution is 5.32. The molecule has 0 aliphatic carbocycles. The first kappa shape index (κ1) is 11.8.